The number of carbonyl (C=O) groups is 1. The number of pyridine rings is 1. The van der Waals surface area contributed by atoms with Crippen molar-refractivity contribution in [3.05, 3.63) is 84.7 Å². The molecular formula is C24H22N6O2S. The molecule has 0 aliphatic heterocycles. The van der Waals surface area contributed by atoms with Crippen LogP contribution in [0, 0.1) is 6.92 Å². The van der Waals surface area contributed by atoms with Crippen molar-refractivity contribution >= 4 is 29.6 Å². The highest BCUT2D eigenvalue weighted by molar-refractivity contribution is 7.98. The van der Waals surface area contributed by atoms with Crippen LogP contribution in [0.2, 0.25) is 0 Å². The minimum absolute atomic E-state index is 0.312. The molecule has 0 aliphatic carbocycles. The molecule has 4 rings (SSSR count). The molecule has 33 heavy (non-hydrogen) atoms. The number of rotatable bonds is 7. The molecule has 0 bridgehead atoms. The summed E-state index contributed by atoms with van der Waals surface area (Å²) in [6, 6.07) is 20.2. The molecule has 0 atom stereocenters. The molecule has 8 nitrogen and oxygen atoms in total. The number of amides is 2. The summed E-state index contributed by atoms with van der Waals surface area (Å²) in [4.78, 5) is 26.2. The van der Waals surface area contributed by atoms with Crippen molar-refractivity contribution in [2.24, 2.45) is 0 Å². The van der Waals surface area contributed by atoms with Crippen molar-refractivity contribution in [1.82, 2.24) is 19.7 Å². The van der Waals surface area contributed by atoms with Crippen molar-refractivity contribution in [3.8, 4) is 22.9 Å². The summed E-state index contributed by atoms with van der Waals surface area (Å²) in [6.07, 6.45) is 3.34. The highest BCUT2D eigenvalue weighted by Gasteiger charge is 2.13. The van der Waals surface area contributed by atoms with Gasteiger partial charge >= 0.3 is 6.03 Å². The Kier molecular flexibility index (Phi) is 7.01. The Hall–Kier alpha value is -4.11. The van der Waals surface area contributed by atoms with Gasteiger partial charge in [-0.2, -0.15) is 0 Å². The van der Waals surface area contributed by atoms with Crippen LogP contribution >= 0.6 is 11.9 Å². The second-order valence-electron chi connectivity index (χ2n) is 6.93. The van der Waals surface area contributed by atoms with Gasteiger partial charge in [-0.25, -0.2) is 19.7 Å². The number of nitrogens with zero attached hydrogens (tertiary/aromatic N) is 3. The van der Waals surface area contributed by atoms with E-state index in [0.29, 0.717) is 29.0 Å². The first kappa shape index (κ1) is 22.1. The first-order chi connectivity index (χ1) is 16.1. The standard InChI is InChI=1S/C24H22N6O2S/c1-16-15-17(28-24(31)30-33-18-7-4-3-5-8-18)10-11-21(16)32-22-19(9-6-13-26-22)20-12-14-27-23(25-2)29-20/h3-15H,1-2H3,(H,25,27,29)(H2,28,30,31). The monoisotopic (exact) mass is 458 g/mol. The summed E-state index contributed by atoms with van der Waals surface area (Å²) in [5.74, 6) is 1.57. The number of nitrogens with one attached hydrogen (secondary N) is 3. The lowest BCUT2D eigenvalue weighted by Crippen LogP contribution is -2.22. The van der Waals surface area contributed by atoms with Crippen LogP contribution in [0.25, 0.3) is 11.3 Å². The first-order valence-corrected chi connectivity index (χ1v) is 11.0. The largest absolute Gasteiger partial charge is 0.438 e. The maximum atomic E-state index is 12.2. The average Bonchev–Trinajstić information content (AvgIpc) is 2.85. The second kappa shape index (κ2) is 10.5. The van der Waals surface area contributed by atoms with Crippen LogP contribution in [-0.2, 0) is 0 Å². The number of hydrogen-bond acceptors (Lipinski definition) is 7. The molecule has 0 radical (unpaired) electrons. The van der Waals surface area contributed by atoms with Crippen molar-refractivity contribution in [2.45, 2.75) is 11.8 Å². The molecule has 0 saturated heterocycles. The lowest BCUT2D eigenvalue weighted by molar-refractivity contribution is 0.257. The summed E-state index contributed by atoms with van der Waals surface area (Å²) in [5.41, 5.74) is 2.94. The van der Waals surface area contributed by atoms with E-state index in [1.54, 1.807) is 37.6 Å². The fourth-order valence-corrected chi connectivity index (χ4v) is 3.55. The van der Waals surface area contributed by atoms with Gasteiger partial charge in [0.2, 0.25) is 11.8 Å². The fourth-order valence-electron chi connectivity index (χ4n) is 2.99. The van der Waals surface area contributed by atoms with E-state index in [1.807, 2.05) is 55.5 Å². The zero-order chi connectivity index (χ0) is 23.0. The van der Waals surface area contributed by atoms with E-state index in [9.17, 15) is 4.79 Å². The van der Waals surface area contributed by atoms with E-state index >= 15 is 0 Å². The van der Waals surface area contributed by atoms with Gasteiger partial charge in [-0.3, -0.25) is 4.72 Å². The lowest BCUT2D eigenvalue weighted by Gasteiger charge is -2.13. The molecule has 0 spiro atoms. The molecule has 4 aromatic rings. The van der Waals surface area contributed by atoms with Gasteiger partial charge in [-0.05, 0) is 73.0 Å². The minimum Gasteiger partial charge on any atom is -0.438 e. The molecule has 2 aromatic carbocycles. The van der Waals surface area contributed by atoms with Crippen LogP contribution < -0.4 is 20.1 Å². The van der Waals surface area contributed by atoms with Crippen LogP contribution in [0.3, 0.4) is 0 Å². The SMILES string of the molecule is CNc1nccc(-c2cccnc2Oc2ccc(NC(=O)NSc3ccccc3)cc2C)n1. The normalized spacial score (nSPS) is 10.4. The number of aryl methyl sites for hydroxylation is 1. The zero-order valence-electron chi connectivity index (χ0n) is 18.1. The number of aromatic nitrogens is 3. The number of urea groups is 1. The first-order valence-electron chi connectivity index (χ1n) is 10.2. The molecule has 3 N–H and O–H groups in total. The Bertz CT molecular complexity index is 1250. The molecule has 166 valence electrons. The third-order valence-electron chi connectivity index (χ3n) is 4.57. The molecule has 0 aliphatic rings. The van der Waals surface area contributed by atoms with E-state index in [-0.39, 0.29) is 6.03 Å². The van der Waals surface area contributed by atoms with Crippen molar-refractivity contribution < 1.29 is 9.53 Å². The Labute approximate surface area is 196 Å². The molecule has 0 saturated carbocycles. The van der Waals surface area contributed by atoms with Crippen molar-refractivity contribution in [3.63, 3.8) is 0 Å². The summed E-state index contributed by atoms with van der Waals surface area (Å²) in [5, 5.41) is 5.76. The van der Waals surface area contributed by atoms with E-state index in [1.165, 1.54) is 11.9 Å². The Morgan fingerprint density at radius 2 is 1.82 bits per heavy atom. The fraction of sp³-hybridized carbons (Fsp3) is 0.0833. The van der Waals surface area contributed by atoms with Crippen LogP contribution in [-0.4, -0.2) is 28.0 Å². The predicted molar refractivity (Wildman–Crippen MR) is 131 cm³/mol. The number of carbonyl (C=O) groups excluding carboxylic acids is 1. The molecular weight excluding hydrogens is 436 g/mol. The van der Waals surface area contributed by atoms with Gasteiger partial charge < -0.3 is 15.4 Å². The third kappa shape index (κ3) is 5.78. The number of anilines is 2. The number of benzene rings is 2. The number of ether oxygens (including phenoxy) is 1. The molecule has 0 unspecified atom stereocenters. The van der Waals surface area contributed by atoms with Gasteiger partial charge in [-0.15, -0.1) is 0 Å². The zero-order valence-corrected chi connectivity index (χ0v) is 18.9. The minimum atomic E-state index is -0.312. The van der Waals surface area contributed by atoms with Gasteiger partial charge in [0.05, 0.1) is 11.3 Å². The highest BCUT2D eigenvalue weighted by Crippen LogP contribution is 2.32. The quantitative estimate of drug-likeness (QED) is 0.314. The maximum Gasteiger partial charge on any atom is 0.329 e. The summed E-state index contributed by atoms with van der Waals surface area (Å²) in [6.45, 7) is 1.91. The summed E-state index contributed by atoms with van der Waals surface area (Å²) < 4.78 is 8.87. The van der Waals surface area contributed by atoms with Gasteiger partial charge in [0, 0.05) is 30.0 Å². The number of hydrogen-bond donors (Lipinski definition) is 3. The Morgan fingerprint density at radius 1 is 0.970 bits per heavy atom. The lowest BCUT2D eigenvalue weighted by atomic mass is 10.2. The van der Waals surface area contributed by atoms with Crippen LogP contribution in [0.1, 0.15) is 5.56 Å². The van der Waals surface area contributed by atoms with Gasteiger partial charge in [0.25, 0.3) is 0 Å². The van der Waals surface area contributed by atoms with Crippen LogP contribution in [0.15, 0.2) is 84.0 Å². The average molecular weight is 459 g/mol. The van der Waals surface area contributed by atoms with Crippen LogP contribution in [0.5, 0.6) is 11.6 Å². The summed E-state index contributed by atoms with van der Waals surface area (Å²) >= 11 is 1.25. The van der Waals surface area contributed by atoms with Gasteiger partial charge in [-0.1, -0.05) is 18.2 Å². The molecule has 2 amide bonds. The molecule has 0 fully saturated rings. The Balaban J connectivity index is 1.45. The third-order valence-corrected chi connectivity index (χ3v) is 5.37. The van der Waals surface area contributed by atoms with E-state index in [0.717, 1.165) is 16.0 Å². The van der Waals surface area contributed by atoms with Crippen molar-refractivity contribution in [2.75, 3.05) is 17.7 Å². The van der Waals surface area contributed by atoms with Crippen LogP contribution in [0.4, 0.5) is 16.4 Å². The van der Waals surface area contributed by atoms with Gasteiger partial charge in [0.1, 0.15) is 5.75 Å². The van der Waals surface area contributed by atoms with E-state index < -0.39 is 0 Å². The smallest absolute Gasteiger partial charge is 0.329 e. The highest BCUT2D eigenvalue weighted by atomic mass is 32.2. The van der Waals surface area contributed by atoms with Gasteiger partial charge in [0.15, 0.2) is 0 Å². The molecule has 9 heteroatoms. The maximum absolute atomic E-state index is 12.2. The predicted octanol–water partition coefficient (Wildman–Crippen LogP) is 5.51. The van der Waals surface area contributed by atoms with E-state index in [4.69, 9.17) is 4.74 Å². The second-order valence-corrected chi connectivity index (χ2v) is 7.80. The summed E-state index contributed by atoms with van der Waals surface area (Å²) in [7, 11) is 1.76. The topological polar surface area (TPSA) is 101 Å². The van der Waals surface area contributed by atoms with E-state index in [2.05, 4.69) is 30.3 Å². The molecule has 2 heterocycles. The Morgan fingerprint density at radius 3 is 2.61 bits per heavy atom. The molecule has 2 aromatic heterocycles. The van der Waals surface area contributed by atoms with Crippen molar-refractivity contribution in [1.29, 1.82) is 0 Å².